The number of hydrogen-bond donors (Lipinski definition) is 2. The number of carbonyl (C=O) groups is 3. The number of carbonyl (C=O) groups excluding carboxylic acids is 3. The molecule has 0 atom stereocenters. The Morgan fingerprint density at radius 3 is 2.44 bits per heavy atom. The number of benzene rings is 2. The molecule has 0 fully saturated rings. The van der Waals surface area contributed by atoms with Crippen LogP contribution >= 0.6 is 11.6 Å². The third-order valence-corrected chi connectivity index (χ3v) is 5.41. The first-order valence-electron chi connectivity index (χ1n) is 11.3. The Morgan fingerprint density at radius 2 is 1.83 bits per heavy atom. The van der Waals surface area contributed by atoms with Crippen molar-refractivity contribution in [3.05, 3.63) is 59.2 Å². The number of nitrogens with one attached hydrogen (secondary N) is 2. The summed E-state index contributed by atoms with van der Waals surface area (Å²) in [5, 5.41) is 9.85. The molecular formula is C26H30ClN5O4. The Bertz CT molecular complexity index is 1290. The van der Waals surface area contributed by atoms with Crippen LogP contribution in [0.15, 0.2) is 48.7 Å². The van der Waals surface area contributed by atoms with E-state index in [-0.39, 0.29) is 17.2 Å². The van der Waals surface area contributed by atoms with Crippen LogP contribution in [0.25, 0.3) is 11.3 Å². The molecule has 1 heterocycles. The van der Waals surface area contributed by atoms with Gasteiger partial charge in [0.1, 0.15) is 0 Å². The molecule has 36 heavy (non-hydrogen) atoms. The van der Waals surface area contributed by atoms with Crippen LogP contribution in [-0.2, 0) is 11.8 Å². The molecule has 0 aliphatic rings. The lowest BCUT2D eigenvalue weighted by molar-refractivity contribution is -0.115. The lowest BCUT2D eigenvalue weighted by atomic mass is 10.0. The van der Waals surface area contributed by atoms with Crippen molar-refractivity contribution in [3.8, 4) is 17.0 Å². The zero-order chi connectivity index (χ0) is 26.6. The van der Waals surface area contributed by atoms with Gasteiger partial charge in [-0.25, -0.2) is 4.79 Å². The van der Waals surface area contributed by atoms with Crippen LogP contribution < -0.4 is 20.3 Å². The predicted molar refractivity (Wildman–Crippen MR) is 141 cm³/mol. The van der Waals surface area contributed by atoms with Gasteiger partial charge in [-0.2, -0.15) is 5.10 Å². The number of rotatable bonds is 7. The maximum atomic E-state index is 12.9. The van der Waals surface area contributed by atoms with Crippen LogP contribution in [0.5, 0.6) is 5.75 Å². The molecular weight excluding hydrogens is 482 g/mol. The van der Waals surface area contributed by atoms with Crippen molar-refractivity contribution in [3.63, 3.8) is 0 Å². The molecule has 1 aromatic heterocycles. The van der Waals surface area contributed by atoms with Crippen molar-refractivity contribution in [2.45, 2.75) is 32.7 Å². The number of hydrogen-bond acceptors (Lipinski definition) is 6. The van der Waals surface area contributed by atoms with Gasteiger partial charge in [0.15, 0.2) is 11.5 Å². The van der Waals surface area contributed by atoms with Gasteiger partial charge in [-0.1, -0.05) is 29.8 Å². The predicted octanol–water partition coefficient (Wildman–Crippen LogP) is 4.90. The topological polar surface area (TPSA) is 106 Å². The molecule has 2 N–H and O–H groups in total. The molecule has 2 aromatic carbocycles. The van der Waals surface area contributed by atoms with Gasteiger partial charge in [-0.05, 0) is 39.0 Å². The van der Waals surface area contributed by atoms with Crippen molar-refractivity contribution >= 4 is 40.8 Å². The van der Waals surface area contributed by atoms with Gasteiger partial charge in [0.2, 0.25) is 5.91 Å². The number of ether oxygens (including phenoxy) is 1. The van der Waals surface area contributed by atoms with Crippen LogP contribution in [0.2, 0.25) is 5.02 Å². The van der Waals surface area contributed by atoms with Crippen LogP contribution in [0, 0.1) is 0 Å². The average molecular weight is 512 g/mol. The van der Waals surface area contributed by atoms with E-state index in [0.29, 0.717) is 16.3 Å². The Hall–Kier alpha value is -3.85. The first-order valence-corrected chi connectivity index (χ1v) is 11.6. The van der Waals surface area contributed by atoms with E-state index in [1.54, 1.807) is 54.1 Å². The van der Waals surface area contributed by atoms with E-state index < -0.39 is 24.0 Å². The summed E-state index contributed by atoms with van der Waals surface area (Å²) >= 11 is 6.38. The molecule has 3 rings (SSSR count). The molecule has 0 aliphatic heterocycles. The Morgan fingerprint density at radius 1 is 1.11 bits per heavy atom. The van der Waals surface area contributed by atoms with Crippen LogP contribution in [0.4, 0.5) is 16.2 Å². The minimum Gasteiger partial charge on any atom is -0.408 e. The fraction of sp³-hybridized carbons (Fsp3) is 0.308. The standard InChI is InChI=1S/C26H30ClN5O4/c1-26(2,3)30-25(35)36-23-14-21(31(4)5)18(27)13-19(23)29-24(34)15-22(33)17-9-7-8-16(12-17)20-10-11-28-32(20)6/h7-14H,15H2,1-6H3,(H,29,34)(H,30,35). The molecule has 3 aromatic rings. The lowest BCUT2D eigenvalue weighted by Gasteiger charge is -2.22. The minimum atomic E-state index is -0.687. The SMILES string of the molecule is CN(C)c1cc(OC(=O)NC(C)(C)C)c(NC(=O)CC(=O)c2cccc(-c3ccnn3C)c2)cc1Cl. The number of nitrogens with zero attached hydrogens (tertiary/aromatic N) is 3. The highest BCUT2D eigenvalue weighted by Crippen LogP contribution is 2.36. The summed E-state index contributed by atoms with van der Waals surface area (Å²) in [5.41, 5.74) is 2.31. The van der Waals surface area contributed by atoms with Gasteiger partial charge in [0.05, 0.1) is 28.5 Å². The largest absolute Gasteiger partial charge is 0.413 e. The summed E-state index contributed by atoms with van der Waals surface area (Å²) in [5.74, 6) is -0.829. The van der Waals surface area contributed by atoms with Gasteiger partial charge in [-0.3, -0.25) is 14.3 Å². The number of halogens is 1. The second-order valence-corrected chi connectivity index (χ2v) is 9.93. The monoisotopic (exact) mass is 511 g/mol. The highest BCUT2D eigenvalue weighted by atomic mass is 35.5. The van der Waals surface area contributed by atoms with Crippen LogP contribution in [-0.4, -0.2) is 47.2 Å². The molecule has 190 valence electrons. The smallest absolute Gasteiger partial charge is 0.408 e. The Balaban J connectivity index is 1.79. The molecule has 0 saturated carbocycles. The van der Waals surface area contributed by atoms with E-state index in [0.717, 1.165) is 11.3 Å². The zero-order valence-electron chi connectivity index (χ0n) is 21.2. The van der Waals surface area contributed by atoms with E-state index in [4.69, 9.17) is 16.3 Å². The zero-order valence-corrected chi connectivity index (χ0v) is 21.9. The summed E-state index contributed by atoms with van der Waals surface area (Å²) in [7, 11) is 5.39. The average Bonchev–Trinajstić information content (AvgIpc) is 3.19. The number of ketones is 1. The molecule has 0 radical (unpaired) electrons. The normalized spacial score (nSPS) is 11.1. The highest BCUT2D eigenvalue weighted by molar-refractivity contribution is 6.33. The maximum Gasteiger partial charge on any atom is 0.413 e. The van der Waals surface area contributed by atoms with Crippen molar-refractivity contribution in [1.82, 2.24) is 15.1 Å². The molecule has 0 spiro atoms. The number of aromatic nitrogens is 2. The van der Waals surface area contributed by atoms with Crippen molar-refractivity contribution in [2.24, 2.45) is 7.05 Å². The quantitative estimate of drug-likeness (QED) is 0.345. The van der Waals surface area contributed by atoms with Crippen molar-refractivity contribution < 1.29 is 19.1 Å². The molecule has 9 nitrogen and oxygen atoms in total. The second-order valence-electron chi connectivity index (χ2n) is 9.53. The summed E-state index contributed by atoms with van der Waals surface area (Å²) in [6.45, 7) is 5.46. The third kappa shape index (κ3) is 6.85. The Kier molecular flexibility index (Phi) is 8.04. The van der Waals surface area contributed by atoms with Gasteiger partial charge < -0.3 is 20.3 Å². The summed E-state index contributed by atoms with van der Waals surface area (Å²) < 4.78 is 7.19. The van der Waals surface area contributed by atoms with E-state index in [2.05, 4.69) is 15.7 Å². The number of amides is 2. The molecule has 0 saturated heterocycles. The minimum absolute atomic E-state index is 0.101. The summed E-state index contributed by atoms with van der Waals surface area (Å²) in [6.07, 6.45) is 0.578. The van der Waals surface area contributed by atoms with Gasteiger partial charge in [-0.15, -0.1) is 0 Å². The fourth-order valence-corrected chi connectivity index (χ4v) is 3.78. The maximum absolute atomic E-state index is 12.9. The number of Topliss-reactive ketones (excluding diaryl/α,β-unsaturated/α-hetero) is 1. The van der Waals surface area contributed by atoms with Gasteiger partial charge in [0, 0.05) is 50.1 Å². The van der Waals surface area contributed by atoms with E-state index >= 15 is 0 Å². The van der Waals surface area contributed by atoms with E-state index in [1.807, 2.05) is 40.0 Å². The molecule has 0 aliphatic carbocycles. The molecule has 0 unspecified atom stereocenters. The third-order valence-electron chi connectivity index (χ3n) is 5.11. The number of aryl methyl sites for hydroxylation is 1. The number of anilines is 2. The van der Waals surface area contributed by atoms with Gasteiger partial charge in [0.25, 0.3) is 0 Å². The first-order chi connectivity index (χ1) is 16.8. The second kappa shape index (κ2) is 10.8. The fourth-order valence-electron chi connectivity index (χ4n) is 3.45. The van der Waals surface area contributed by atoms with E-state index in [1.165, 1.54) is 6.07 Å². The van der Waals surface area contributed by atoms with E-state index in [9.17, 15) is 14.4 Å². The molecule has 10 heteroatoms. The molecule has 2 amide bonds. The summed E-state index contributed by atoms with van der Waals surface area (Å²) in [6, 6.07) is 11.9. The highest BCUT2D eigenvalue weighted by Gasteiger charge is 2.21. The van der Waals surface area contributed by atoms with Crippen molar-refractivity contribution in [2.75, 3.05) is 24.3 Å². The van der Waals surface area contributed by atoms with Crippen LogP contribution in [0.3, 0.4) is 0 Å². The van der Waals surface area contributed by atoms with Gasteiger partial charge >= 0.3 is 6.09 Å². The summed E-state index contributed by atoms with van der Waals surface area (Å²) in [4.78, 5) is 39.8. The van der Waals surface area contributed by atoms with Crippen molar-refractivity contribution in [1.29, 1.82) is 0 Å². The first kappa shape index (κ1) is 26.7. The molecule has 0 bridgehead atoms. The van der Waals surface area contributed by atoms with Crippen LogP contribution in [0.1, 0.15) is 37.6 Å². The Labute approximate surface area is 215 Å². The lowest BCUT2D eigenvalue weighted by Crippen LogP contribution is -2.42.